The summed E-state index contributed by atoms with van der Waals surface area (Å²) in [5.41, 5.74) is 5.44. The fraction of sp³-hybridized carbons (Fsp3) is 0.255. The van der Waals surface area contributed by atoms with E-state index in [0.717, 1.165) is 28.8 Å². The largest absolute Gasteiger partial charge is 0.508 e. The summed E-state index contributed by atoms with van der Waals surface area (Å²) in [4.78, 5) is 53.1. The normalized spacial score (nSPS) is 23.0. The van der Waals surface area contributed by atoms with Gasteiger partial charge in [-0.15, -0.1) is 0 Å². The molecule has 2 N–H and O–H groups in total. The Bertz CT molecular complexity index is 2860. The minimum atomic E-state index is -1.69. The fourth-order valence-corrected chi connectivity index (χ4v) is 10.8. The lowest BCUT2D eigenvalue weighted by molar-refractivity contribution is -0.179. The smallest absolute Gasteiger partial charge is 0.324 e. The highest BCUT2D eigenvalue weighted by Crippen LogP contribution is 2.65. The molecule has 10 rings (SSSR count). The fourth-order valence-electron chi connectivity index (χ4n) is 10.8. The van der Waals surface area contributed by atoms with Crippen molar-refractivity contribution in [3.63, 3.8) is 0 Å². The van der Waals surface area contributed by atoms with Gasteiger partial charge in [-0.05, 0) is 94.9 Å². The maximum atomic E-state index is 16.1. The molecule has 2 fully saturated rings. The maximum absolute atomic E-state index is 16.1. The second-order valence-corrected chi connectivity index (χ2v) is 17.5. The van der Waals surface area contributed by atoms with Gasteiger partial charge >= 0.3 is 5.97 Å². The van der Waals surface area contributed by atoms with Gasteiger partial charge in [0.2, 0.25) is 11.8 Å². The number of morpholine rings is 1. The highest BCUT2D eigenvalue weighted by atomic mass is 16.6. The summed E-state index contributed by atoms with van der Waals surface area (Å²) in [6.45, 7) is 1.77. The number of benzene rings is 6. The van der Waals surface area contributed by atoms with E-state index in [1.165, 1.54) is 5.56 Å². The first-order valence-corrected chi connectivity index (χ1v) is 22.3. The van der Waals surface area contributed by atoms with Crippen LogP contribution in [0.25, 0.3) is 0 Å². The quantitative estimate of drug-likeness (QED) is 0.111. The van der Waals surface area contributed by atoms with Crippen molar-refractivity contribution >= 4 is 23.5 Å². The number of amides is 2. The average Bonchev–Trinajstić information content (AvgIpc) is 3.82. The van der Waals surface area contributed by atoms with Crippen LogP contribution < -0.4 is 14.8 Å². The lowest BCUT2D eigenvalue weighted by atomic mass is 9.65. The molecule has 0 unspecified atom stereocenters. The summed E-state index contributed by atoms with van der Waals surface area (Å²) in [5, 5.41) is 13.9. The molecule has 6 atom stereocenters. The van der Waals surface area contributed by atoms with Crippen LogP contribution in [-0.4, -0.2) is 78.0 Å². The zero-order valence-electron chi connectivity index (χ0n) is 37.0. The van der Waals surface area contributed by atoms with Crippen LogP contribution in [0.15, 0.2) is 146 Å². The molecule has 4 aliphatic heterocycles. The Labute approximate surface area is 384 Å². The summed E-state index contributed by atoms with van der Waals surface area (Å²) < 4.78 is 17.9. The standard InChI is InChI=1S/C55H50N4O7/c1-57(33-36-14-7-4-8-15-36)28-13-16-35-21-26-44-43(30-35)55(54(63)56-44)47(52(61)58-29-27-40-31-45(64-2)46(65-3)32-41(40)34-58)49-53(62)66-50(38-19-11-6-12-20-38)48(37-17-9-5-10-18-37)59(49)51(55)39-22-24-42(60)25-23-39/h4-12,14-15,17-26,30-32,47-51,60H,27-29,33-34H2,1-3H3,(H,56,63)/t47-,48-,49-,50+,51+,55-/m1/s1. The van der Waals surface area contributed by atoms with Crippen molar-refractivity contribution in [2.75, 3.05) is 39.7 Å². The third kappa shape index (κ3) is 7.32. The van der Waals surface area contributed by atoms with E-state index >= 15 is 14.4 Å². The van der Waals surface area contributed by atoms with Crippen LogP contribution in [-0.2, 0) is 44.0 Å². The van der Waals surface area contributed by atoms with E-state index in [2.05, 4.69) is 39.1 Å². The molecule has 2 amide bonds. The number of esters is 1. The van der Waals surface area contributed by atoms with Crippen molar-refractivity contribution < 1.29 is 33.7 Å². The van der Waals surface area contributed by atoms with Gasteiger partial charge in [-0.1, -0.05) is 115 Å². The molecule has 0 saturated carbocycles. The molecule has 11 heteroatoms. The lowest BCUT2D eigenvalue weighted by Gasteiger charge is -2.46. The molecular weight excluding hydrogens is 829 g/mol. The minimum absolute atomic E-state index is 0.0416. The van der Waals surface area contributed by atoms with Gasteiger partial charge in [-0.3, -0.25) is 24.2 Å². The number of carbonyl (C=O) groups excluding carboxylic acids is 3. The molecule has 4 aliphatic rings. The molecule has 0 aliphatic carbocycles. The van der Waals surface area contributed by atoms with Crippen molar-refractivity contribution in [3.05, 3.63) is 190 Å². The van der Waals surface area contributed by atoms with E-state index in [0.29, 0.717) is 53.4 Å². The first-order valence-electron chi connectivity index (χ1n) is 22.3. The number of rotatable bonds is 9. The van der Waals surface area contributed by atoms with E-state index < -0.39 is 47.4 Å². The highest BCUT2D eigenvalue weighted by molar-refractivity contribution is 6.12. The van der Waals surface area contributed by atoms with Gasteiger partial charge < -0.3 is 29.5 Å². The van der Waals surface area contributed by atoms with Crippen LogP contribution in [0.2, 0.25) is 0 Å². The number of anilines is 1. The van der Waals surface area contributed by atoms with E-state index in [1.807, 2.05) is 116 Å². The number of nitrogens with zero attached hydrogens (tertiary/aromatic N) is 3. The number of fused-ring (bicyclic) bond motifs is 4. The molecular formula is C55H50N4O7. The van der Waals surface area contributed by atoms with Gasteiger partial charge in [-0.2, -0.15) is 0 Å². The molecule has 2 saturated heterocycles. The Hall–Kier alpha value is -7.39. The predicted octanol–water partition coefficient (Wildman–Crippen LogP) is 7.75. The van der Waals surface area contributed by atoms with E-state index in [-0.39, 0.29) is 18.2 Å². The molecule has 0 bridgehead atoms. The van der Waals surface area contributed by atoms with Gasteiger partial charge in [0.25, 0.3) is 0 Å². The monoisotopic (exact) mass is 878 g/mol. The number of phenols is 1. The molecule has 1 spiro atoms. The number of phenolic OH excluding ortho intramolecular Hbond substituents is 1. The number of hydrogen-bond donors (Lipinski definition) is 2. The Balaban J connectivity index is 1.17. The van der Waals surface area contributed by atoms with Gasteiger partial charge in [0, 0.05) is 30.9 Å². The third-order valence-corrected chi connectivity index (χ3v) is 13.7. The molecule has 6 aromatic rings. The molecule has 11 nitrogen and oxygen atoms in total. The summed E-state index contributed by atoms with van der Waals surface area (Å²) in [6, 6.07) is 43.1. The third-order valence-electron chi connectivity index (χ3n) is 13.7. The maximum Gasteiger partial charge on any atom is 0.324 e. The summed E-state index contributed by atoms with van der Waals surface area (Å²) >= 11 is 0. The molecule has 6 aromatic carbocycles. The molecule has 0 aromatic heterocycles. The number of aromatic hydroxyl groups is 1. The van der Waals surface area contributed by atoms with E-state index in [1.54, 1.807) is 43.4 Å². The van der Waals surface area contributed by atoms with Gasteiger partial charge in [0.15, 0.2) is 11.5 Å². The van der Waals surface area contributed by atoms with Gasteiger partial charge in [0.05, 0.1) is 38.8 Å². The highest BCUT2D eigenvalue weighted by Gasteiger charge is 2.74. The van der Waals surface area contributed by atoms with Crippen molar-refractivity contribution in [2.24, 2.45) is 5.92 Å². The van der Waals surface area contributed by atoms with Crippen LogP contribution in [0.4, 0.5) is 5.69 Å². The Morgan fingerprint density at radius 3 is 2.14 bits per heavy atom. The first-order chi connectivity index (χ1) is 32.2. The van der Waals surface area contributed by atoms with E-state index in [4.69, 9.17) is 14.2 Å². The van der Waals surface area contributed by atoms with Gasteiger partial charge in [-0.25, -0.2) is 0 Å². The molecule has 66 heavy (non-hydrogen) atoms. The van der Waals surface area contributed by atoms with Crippen molar-refractivity contribution in [1.29, 1.82) is 0 Å². The van der Waals surface area contributed by atoms with Crippen molar-refractivity contribution in [2.45, 2.75) is 49.2 Å². The lowest BCUT2D eigenvalue weighted by Crippen LogP contribution is -2.56. The number of ether oxygens (including phenoxy) is 3. The number of cyclic esters (lactones) is 1. The Kier molecular flexibility index (Phi) is 11.3. The second kappa shape index (κ2) is 17.5. The SMILES string of the molecule is COc1cc2c(cc1OC)CN(C(=O)[C@H]1[C@@H]3C(=O)O[C@@H](c4ccccc4)[C@@H](c4ccccc4)N3[C@@H](c3ccc(O)cc3)[C@]13C(=O)Nc1ccc(C#CCN(C)Cc4ccccc4)cc13)CC2. The minimum Gasteiger partial charge on any atom is -0.508 e. The van der Waals surface area contributed by atoms with E-state index in [9.17, 15) is 5.11 Å². The summed E-state index contributed by atoms with van der Waals surface area (Å²) in [6.07, 6.45) is -0.285. The first kappa shape index (κ1) is 42.6. The Morgan fingerprint density at radius 1 is 0.803 bits per heavy atom. The van der Waals surface area contributed by atoms with Crippen LogP contribution in [0.1, 0.15) is 62.7 Å². The van der Waals surface area contributed by atoms with Crippen LogP contribution in [0.5, 0.6) is 17.2 Å². The average molecular weight is 879 g/mol. The van der Waals surface area contributed by atoms with Gasteiger partial charge in [0.1, 0.15) is 23.3 Å². The second-order valence-electron chi connectivity index (χ2n) is 17.5. The van der Waals surface area contributed by atoms with Crippen LogP contribution in [0.3, 0.4) is 0 Å². The molecule has 0 radical (unpaired) electrons. The molecule has 332 valence electrons. The number of methoxy groups -OCH3 is 2. The topological polar surface area (TPSA) is 121 Å². The number of hydrogen-bond acceptors (Lipinski definition) is 9. The van der Waals surface area contributed by atoms with Crippen molar-refractivity contribution in [3.8, 4) is 29.1 Å². The molecule has 4 heterocycles. The number of carbonyl (C=O) groups is 3. The Morgan fingerprint density at radius 2 is 1.45 bits per heavy atom. The summed E-state index contributed by atoms with van der Waals surface area (Å²) in [5.74, 6) is 5.26. The van der Waals surface area contributed by atoms with Crippen LogP contribution >= 0.6 is 0 Å². The van der Waals surface area contributed by atoms with Crippen LogP contribution in [0, 0.1) is 17.8 Å². The number of nitrogens with one attached hydrogen (secondary N) is 1. The van der Waals surface area contributed by atoms with Crippen molar-refractivity contribution in [1.82, 2.24) is 14.7 Å². The zero-order valence-corrected chi connectivity index (χ0v) is 37.0. The zero-order chi connectivity index (χ0) is 45.5. The predicted molar refractivity (Wildman–Crippen MR) is 249 cm³/mol. The summed E-state index contributed by atoms with van der Waals surface area (Å²) in [7, 11) is 5.19.